The first kappa shape index (κ1) is 10.8. The van der Waals surface area contributed by atoms with Crippen LogP contribution in [0.2, 0.25) is 0 Å². The Labute approximate surface area is 95.7 Å². The molecule has 0 saturated carbocycles. The fourth-order valence-corrected chi connectivity index (χ4v) is 1.75. The Balaban J connectivity index is 3.50. The number of nitrogens with zero attached hydrogens (tertiary/aromatic N) is 1. The Kier molecular flexibility index (Phi) is 3.23. The molecule has 0 amide bonds. The Bertz CT molecular complexity index is 383. The molecule has 6 heteroatoms. The van der Waals surface area contributed by atoms with Crippen LogP contribution in [0.3, 0.4) is 0 Å². The van der Waals surface area contributed by atoms with Gasteiger partial charge in [0.25, 0.3) is 0 Å². The molecule has 0 aliphatic rings. The van der Waals surface area contributed by atoms with Crippen molar-refractivity contribution >= 4 is 44.2 Å². The first-order valence-electron chi connectivity index (χ1n) is 3.23. The van der Waals surface area contributed by atoms with Crippen molar-refractivity contribution in [3.05, 3.63) is 35.6 Å². The van der Waals surface area contributed by atoms with Crippen LogP contribution in [0.1, 0.15) is 5.56 Å². The molecule has 0 bridgehead atoms. The normalized spacial score (nSPS) is 10.2. The number of benzene rings is 1. The molecule has 0 heterocycles. The molecule has 0 unspecified atom stereocenters. The van der Waals surface area contributed by atoms with Crippen LogP contribution in [-0.4, -0.2) is 4.92 Å². The summed E-state index contributed by atoms with van der Waals surface area (Å²) in [5.74, 6) is -0.819. The predicted octanol–water partition coefficient (Wildman–Crippen LogP) is 3.41. The predicted molar refractivity (Wildman–Crippen MR) is 58.2 cm³/mol. The second kappa shape index (κ2) is 3.87. The minimum Gasteiger partial charge on any atom is -0.258 e. The number of nitro benzene ring substituents is 1. The molecule has 1 aromatic rings. The Hall–Kier alpha value is -0.240. The molecule has 13 heavy (non-hydrogen) atoms. The van der Waals surface area contributed by atoms with Gasteiger partial charge in [0, 0.05) is 9.64 Å². The summed E-state index contributed by atoms with van der Waals surface area (Å²) in [6, 6.07) is 1.22. The van der Waals surface area contributed by atoms with Gasteiger partial charge in [0.15, 0.2) is 0 Å². The van der Waals surface area contributed by atoms with E-state index in [1.807, 2.05) is 22.6 Å². The van der Waals surface area contributed by atoms with E-state index in [0.29, 0.717) is 9.13 Å². The van der Waals surface area contributed by atoms with Gasteiger partial charge in [-0.05, 0) is 51.0 Å². The van der Waals surface area contributed by atoms with Crippen molar-refractivity contribution < 1.29 is 9.31 Å². The van der Waals surface area contributed by atoms with Crippen LogP contribution in [0.5, 0.6) is 0 Å². The number of rotatable bonds is 1. The second-order valence-corrected chi connectivity index (χ2v) is 4.28. The summed E-state index contributed by atoms with van der Waals surface area (Å²) in [6.45, 7) is 1.69. The van der Waals surface area contributed by atoms with E-state index in [0.717, 1.165) is 0 Å². The first-order valence-corrected chi connectivity index (χ1v) is 5.10. The fraction of sp³-hybridized carbons (Fsp3) is 0.143. The quantitative estimate of drug-likeness (QED) is 0.334. The number of nitro groups is 1. The minimum atomic E-state index is -0.819. The van der Waals surface area contributed by atoms with Crippen LogP contribution in [0, 0.1) is 26.4 Å². The molecular formula is C7H4BrFINO2. The highest BCUT2D eigenvalue weighted by atomic mass is 127. The number of aryl methyl sites for hydroxylation is 1. The zero-order valence-corrected chi connectivity index (χ0v) is 10.2. The fourth-order valence-electron chi connectivity index (χ4n) is 0.847. The van der Waals surface area contributed by atoms with Crippen LogP contribution >= 0.6 is 38.5 Å². The first-order chi connectivity index (χ1) is 5.95. The summed E-state index contributed by atoms with van der Waals surface area (Å²) >= 11 is 4.89. The van der Waals surface area contributed by atoms with Gasteiger partial charge in [0.05, 0.1) is 9.40 Å². The van der Waals surface area contributed by atoms with Crippen LogP contribution in [-0.2, 0) is 0 Å². The molecule has 0 aliphatic heterocycles. The molecule has 0 radical (unpaired) electrons. The summed E-state index contributed by atoms with van der Waals surface area (Å²) < 4.78 is 14.0. The van der Waals surface area contributed by atoms with E-state index in [9.17, 15) is 14.5 Å². The summed E-state index contributed by atoms with van der Waals surface area (Å²) in [4.78, 5) is 9.65. The third-order valence-corrected chi connectivity index (χ3v) is 4.38. The Morgan fingerprint density at radius 1 is 1.69 bits per heavy atom. The maximum absolute atomic E-state index is 13.2. The second-order valence-electron chi connectivity index (χ2n) is 2.41. The molecule has 3 nitrogen and oxygen atoms in total. The molecule has 0 N–H and O–H groups in total. The van der Waals surface area contributed by atoms with Crippen molar-refractivity contribution in [2.75, 3.05) is 0 Å². The third kappa shape index (κ3) is 1.98. The zero-order valence-electron chi connectivity index (χ0n) is 6.47. The highest BCUT2D eigenvalue weighted by Crippen LogP contribution is 2.31. The van der Waals surface area contributed by atoms with Crippen LogP contribution < -0.4 is 0 Å². The van der Waals surface area contributed by atoms with E-state index >= 15 is 0 Å². The zero-order chi connectivity index (χ0) is 10.2. The molecule has 0 saturated heterocycles. The lowest BCUT2D eigenvalue weighted by Gasteiger charge is -2.02. The van der Waals surface area contributed by atoms with Crippen LogP contribution in [0.15, 0.2) is 10.5 Å². The maximum Gasteiger partial charge on any atom is 0.306 e. The topological polar surface area (TPSA) is 43.1 Å². The highest BCUT2D eigenvalue weighted by molar-refractivity contribution is 14.1. The lowest BCUT2D eigenvalue weighted by molar-refractivity contribution is -0.387. The van der Waals surface area contributed by atoms with Gasteiger partial charge >= 0.3 is 5.69 Å². The standard InChI is InChI=1S/C7H4BrFINO2/c1-3-2-4(11(12)13)6(9)5(8)7(3)10/h2H,1H3. The average molecular weight is 360 g/mol. The molecule has 0 aromatic heterocycles. The van der Waals surface area contributed by atoms with E-state index in [2.05, 4.69) is 15.9 Å². The number of hydrogen-bond acceptors (Lipinski definition) is 2. The molecule has 0 fully saturated rings. The van der Waals surface area contributed by atoms with Crippen molar-refractivity contribution in [2.45, 2.75) is 6.92 Å². The van der Waals surface area contributed by atoms with Crippen molar-refractivity contribution in [1.29, 1.82) is 0 Å². The van der Waals surface area contributed by atoms with Gasteiger partial charge < -0.3 is 0 Å². The van der Waals surface area contributed by atoms with Gasteiger partial charge in [-0.2, -0.15) is 4.39 Å². The smallest absolute Gasteiger partial charge is 0.258 e. The average Bonchev–Trinajstić information content (AvgIpc) is 2.07. The van der Waals surface area contributed by atoms with Crippen molar-refractivity contribution in [3.8, 4) is 0 Å². The lowest BCUT2D eigenvalue weighted by atomic mass is 10.2. The SMILES string of the molecule is Cc1cc([N+](=O)[O-])c(F)c(Br)c1I. The highest BCUT2D eigenvalue weighted by Gasteiger charge is 2.20. The molecule has 0 atom stereocenters. The van der Waals surface area contributed by atoms with Crippen molar-refractivity contribution in [1.82, 2.24) is 0 Å². The van der Waals surface area contributed by atoms with Gasteiger partial charge in [-0.3, -0.25) is 10.1 Å². The maximum atomic E-state index is 13.2. The lowest BCUT2D eigenvalue weighted by Crippen LogP contribution is -1.96. The van der Waals surface area contributed by atoms with E-state index in [1.165, 1.54) is 6.07 Å². The van der Waals surface area contributed by atoms with Gasteiger partial charge in [-0.25, -0.2) is 0 Å². The van der Waals surface area contributed by atoms with Crippen LogP contribution in [0.25, 0.3) is 0 Å². The van der Waals surface area contributed by atoms with Crippen molar-refractivity contribution in [3.63, 3.8) is 0 Å². The molecule has 0 aliphatic carbocycles. The third-order valence-electron chi connectivity index (χ3n) is 1.51. The number of halogens is 3. The summed E-state index contributed by atoms with van der Waals surface area (Å²) in [5, 5.41) is 10.4. The van der Waals surface area contributed by atoms with E-state index < -0.39 is 16.4 Å². The van der Waals surface area contributed by atoms with Gasteiger partial charge in [0.2, 0.25) is 5.82 Å². The summed E-state index contributed by atoms with van der Waals surface area (Å²) in [5.41, 5.74) is 0.186. The Morgan fingerprint density at radius 2 is 2.23 bits per heavy atom. The molecular weight excluding hydrogens is 356 g/mol. The van der Waals surface area contributed by atoms with E-state index in [4.69, 9.17) is 0 Å². The van der Waals surface area contributed by atoms with E-state index in [-0.39, 0.29) is 4.47 Å². The van der Waals surface area contributed by atoms with Gasteiger partial charge in [-0.1, -0.05) is 0 Å². The summed E-state index contributed by atoms with van der Waals surface area (Å²) in [6.07, 6.45) is 0. The van der Waals surface area contributed by atoms with Gasteiger partial charge in [-0.15, -0.1) is 0 Å². The Morgan fingerprint density at radius 3 is 2.69 bits per heavy atom. The van der Waals surface area contributed by atoms with Crippen molar-refractivity contribution in [2.24, 2.45) is 0 Å². The molecule has 1 aromatic carbocycles. The monoisotopic (exact) mass is 359 g/mol. The number of hydrogen-bond donors (Lipinski definition) is 0. The van der Waals surface area contributed by atoms with E-state index in [1.54, 1.807) is 6.92 Å². The minimum absolute atomic E-state index is 0.153. The largest absolute Gasteiger partial charge is 0.306 e. The van der Waals surface area contributed by atoms with Crippen LogP contribution in [0.4, 0.5) is 10.1 Å². The van der Waals surface area contributed by atoms with Gasteiger partial charge in [0.1, 0.15) is 0 Å². The molecule has 0 spiro atoms. The molecule has 1 rings (SSSR count). The summed E-state index contributed by atoms with van der Waals surface area (Å²) in [7, 11) is 0. The molecule has 70 valence electrons.